The van der Waals surface area contributed by atoms with Gasteiger partial charge in [-0.1, -0.05) is 24.3 Å². The van der Waals surface area contributed by atoms with Crippen molar-refractivity contribution in [3.63, 3.8) is 0 Å². The van der Waals surface area contributed by atoms with Gasteiger partial charge >= 0.3 is 18.0 Å². The van der Waals surface area contributed by atoms with Gasteiger partial charge in [0.25, 0.3) is 0 Å². The molecule has 7 heteroatoms. The lowest BCUT2D eigenvalue weighted by Crippen LogP contribution is -2.50. The maximum absolute atomic E-state index is 12.8. The van der Waals surface area contributed by atoms with E-state index in [9.17, 15) is 26.7 Å². The summed E-state index contributed by atoms with van der Waals surface area (Å²) in [7, 11) is 0. The first-order chi connectivity index (χ1) is 8.57. The first kappa shape index (κ1) is 15.4. The van der Waals surface area contributed by atoms with Crippen LogP contribution < -0.4 is 5.32 Å². The molecule has 0 fully saturated rings. The maximum atomic E-state index is 12.8. The van der Waals surface area contributed by atoms with E-state index in [0.717, 1.165) is 0 Å². The SMILES string of the molecule is Cc1ccccc1C(C)NC(=O)C(F)(F)C(F)(F)F. The van der Waals surface area contributed by atoms with Gasteiger partial charge in [-0.15, -0.1) is 0 Å². The van der Waals surface area contributed by atoms with E-state index in [0.29, 0.717) is 11.1 Å². The van der Waals surface area contributed by atoms with Crippen molar-refractivity contribution < 1.29 is 26.7 Å². The Morgan fingerprint density at radius 2 is 1.68 bits per heavy atom. The van der Waals surface area contributed by atoms with Crippen LogP contribution in [0.5, 0.6) is 0 Å². The molecule has 19 heavy (non-hydrogen) atoms. The molecular weight excluding hydrogens is 269 g/mol. The van der Waals surface area contributed by atoms with E-state index in [-0.39, 0.29) is 0 Å². The van der Waals surface area contributed by atoms with Gasteiger partial charge in [-0.05, 0) is 25.0 Å². The van der Waals surface area contributed by atoms with Crippen LogP contribution in [0.15, 0.2) is 24.3 Å². The number of carbonyl (C=O) groups excluding carboxylic acids is 1. The average molecular weight is 281 g/mol. The molecule has 1 N–H and O–H groups in total. The summed E-state index contributed by atoms with van der Waals surface area (Å²) in [6.07, 6.45) is -5.90. The summed E-state index contributed by atoms with van der Waals surface area (Å²) >= 11 is 0. The van der Waals surface area contributed by atoms with Gasteiger partial charge in [0, 0.05) is 0 Å². The van der Waals surface area contributed by atoms with Crippen LogP contribution in [0.25, 0.3) is 0 Å². The molecule has 0 spiro atoms. The standard InChI is InChI=1S/C12H12F5NO/c1-7-5-3-4-6-9(7)8(2)18-10(19)11(13,14)12(15,16)17/h3-6,8H,1-2H3,(H,18,19). The molecule has 0 heterocycles. The first-order valence-electron chi connectivity index (χ1n) is 5.38. The smallest absolute Gasteiger partial charge is 0.344 e. The van der Waals surface area contributed by atoms with E-state index in [1.165, 1.54) is 6.92 Å². The van der Waals surface area contributed by atoms with E-state index in [4.69, 9.17) is 0 Å². The molecule has 1 amide bonds. The van der Waals surface area contributed by atoms with E-state index in [1.807, 2.05) is 0 Å². The second-order valence-electron chi connectivity index (χ2n) is 4.12. The van der Waals surface area contributed by atoms with E-state index in [2.05, 4.69) is 0 Å². The number of rotatable bonds is 3. The molecule has 0 aliphatic heterocycles. The zero-order valence-electron chi connectivity index (χ0n) is 10.2. The predicted molar refractivity (Wildman–Crippen MR) is 58.7 cm³/mol. The maximum Gasteiger partial charge on any atom is 0.463 e. The van der Waals surface area contributed by atoms with Crippen molar-refractivity contribution in [3.05, 3.63) is 35.4 Å². The molecule has 1 aromatic rings. The molecule has 1 rings (SSSR count). The largest absolute Gasteiger partial charge is 0.463 e. The minimum absolute atomic E-state index is 0.480. The van der Waals surface area contributed by atoms with Crippen LogP contribution in [-0.4, -0.2) is 18.0 Å². The summed E-state index contributed by atoms with van der Waals surface area (Å²) < 4.78 is 61.5. The summed E-state index contributed by atoms with van der Waals surface area (Å²) in [4.78, 5) is 11.0. The second kappa shape index (κ2) is 5.14. The highest BCUT2D eigenvalue weighted by molar-refractivity contribution is 5.84. The first-order valence-corrected chi connectivity index (χ1v) is 5.38. The number of hydrogen-bond donors (Lipinski definition) is 1. The summed E-state index contributed by atoms with van der Waals surface area (Å²) in [6.45, 7) is 3.01. The molecule has 0 aliphatic carbocycles. The van der Waals surface area contributed by atoms with Crippen molar-refractivity contribution in [1.29, 1.82) is 0 Å². The zero-order valence-corrected chi connectivity index (χ0v) is 10.2. The highest BCUT2D eigenvalue weighted by Crippen LogP contribution is 2.36. The van der Waals surface area contributed by atoms with Crippen LogP contribution in [-0.2, 0) is 4.79 Å². The molecule has 0 radical (unpaired) electrons. The van der Waals surface area contributed by atoms with Crippen LogP contribution in [0.2, 0.25) is 0 Å². The Morgan fingerprint density at radius 3 is 2.16 bits per heavy atom. The molecule has 106 valence electrons. The number of alkyl halides is 5. The topological polar surface area (TPSA) is 29.1 Å². The lowest BCUT2D eigenvalue weighted by Gasteiger charge is -2.22. The fourth-order valence-corrected chi connectivity index (χ4v) is 1.57. The number of amides is 1. The molecule has 0 aromatic heterocycles. The van der Waals surface area contributed by atoms with Gasteiger partial charge < -0.3 is 5.32 Å². The van der Waals surface area contributed by atoms with E-state index >= 15 is 0 Å². The summed E-state index contributed by atoms with van der Waals surface area (Å²) in [5, 5.41) is 1.67. The molecule has 0 aliphatic rings. The molecule has 0 saturated carbocycles. The molecule has 2 nitrogen and oxygen atoms in total. The predicted octanol–water partition coefficient (Wildman–Crippen LogP) is 3.37. The monoisotopic (exact) mass is 281 g/mol. The van der Waals surface area contributed by atoms with Gasteiger partial charge in [0.1, 0.15) is 0 Å². The number of hydrogen-bond acceptors (Lipinski definition) is 1. The Kier molecular flexibility index (Phi) is 4.17. The lowest BCUT2D eigenvalue weighted by atomic mass is 10.0. The number of nitrogens with one attached hydrogen (secondary N) is 1. The van der Waals surface area contributed by atoms with Crippen molar-refractivity contribution in [3.8, 4) is 0 Å². The summed E-state index contributed by atoms with van der Waals surface area (Å²) in [5.41, 5.74) is 1.17. The normalized spacial score (nSPS) is 14.1. The highest BCUT2D eigenvalue weighted by Gasteiger charge is 2.63. The van der Waals surface area contributed by atoms with Gasteiger partial charge in [0.15, 0.2) is 0 Å². The van der Waals surface area contributed by atoms with Crippen LogP contribution in [0.3, 0.4) is 0 Å². The van der Waals surface area contributed by atoms with Gasteiger partial charge in [0.05, 0.1) is 6.04 Å². The van der Waals surface area contributed by atoms with Crippen molar-refractivity contribution in [1.82, 2.24) is 5.32 Å². The molecule has 0 saturated heterocycles. The third-order valence-corrected chi connectivity index (χ3v) is 2.64. The second-order valence-corrected chi connectivity index (χ2v) is 4.12. The van der Waals surface area contributed by atoms with Crippen LogP contribution in [0.4, 0.5) is 22.0 Å². The quantitative estimate of drug-likeness (QED) is 0.846. The number of aryl methyl sites for hydroxylation is 1. The van der Waals surface area contributed by atoms with Crippen molar-refractivity contribution >= 4 is 5.91 Å². The van der Waals surface area contributed by atoms with Crippen molar-refractivity contribution in [2.24, 2.45) is 0 Å². The van der Waals surface area contributed by atoms with E-state index in [1.54, 1.807) is 36.5 Å². The molecular formula is C12H12F5NO. The Bertz CT molecular complexity index is 469. The average Bonchev–Trinajstić information content (AvgIpc) is 2.27. The fourth-order valence-electron chi connectivity index (χ4n) is 1.57. The minimum Gasteiger partial charge on any atom is -0.344 e. The fraction of sp³-hybridized carbons (Fsp3) is 0.417. The third kappa shape index (κ3) is 3.21. The molecule has 1 unspecified atom stereocenters. The van der Waals surface area contributed by atoms with Gasteiger partial charge in [0.2, 0.25) is 0 Å². The third-order valence-electron chi connectivity index (χ3n) is 2.64. The number of benzene rings is 1. The van der Waals surface area contributed by atoms with Crippen molar-refractivity contribution in [2.45, 2.75) is 32.0 Å². The molecule has 1 aromatic carbocycles. The summed E-state index contributed by atoms with van der Waals surface area (Å²) in [5.74, 6) is -7.75. The molecule has 0 bridgehead atoms. The lowest BCUT2D eigenvalue weighted by molar-refractivity contribution is -0.270. The van der Waals surface area contributed by atoms with Gasteiger partial charge in [-0.25, -0.2) is 0 Å². The van der Waals surface area contributed by atoms with Crippen molar-refractivity contribution in [2.75, 3.05) is 0 Å². The summed E-state index contributed by atoms with van der Waals surface area (Å²) in [6, 6.07) is 5.57. The highest BCUT2D eigenvalue weighted by atomic mass is 19.4. The Hall–Kier alpha value is -1.66. The molecule has 1 atom stereocenters. The Balaban J connectivity index is 2.87. The van der Waals surface area contributed by atoms with Crippen LogP contribution in [0, 0.1) is 6.92 Å². The number of carbonyl (C=O) groups is 1. The number of halogens is 5. The van der Waals surface area contributed by atoms with Gasteiger partial charge in [-0.2, -0.15) is 22.0 Å². The zero-order chi connectivity index (χ0) is 14.8. The minimum atomic E-state index is -5.90. The van der Waals surface area contributed by atoms with Crippen LogP contribution >= 0.6 is 0 Å². The Labute approximate surface area is 106 Å². The van der Waals surface area contributed by atoms with Crippen LogP contribution in [0.1, 0.15) is 24.1 Å². The Morgan fingerprint density at radius 1 is 1.16 bits per heavy atom. The van der Waals surface area contributed by atoms with E-state index < -0.39 is 24.0 Å². The van der Waals surface area contributed by atoms with Gasteiger partial charge in [-0.3, -0.25) is 4.79 Å².